The third-order valence-electron chi connectivity index (χ3n) is 4.24. The molecular formula is C15H27N3O3. The zero-order valence-corrected chi connectivity index (χ0v) is 12.7. The highest BCUT2D eigenvalue weighted by atomic mass is 16.5. The smallest absolute Gasteiger partial charge is 0.249 e. The molecule has 0 aliphatic carbocycles. The highest BCUT2D eigenvalue weighted by Crippen LogP contribution is 2.18. The van der Waals surface area contributed by atoms with Crippen LogP contribution in [0.4, 0.5) is 0 Å². The van der Waals surface area contributed by atoms with Crippen molar-refractivity contribution in [2.75, 3.05) is 26.2 Å². The molecule has 0 bridgehead atoms. The van der Waals surface area contributed by atoms with Gasteiger partial charge in [0.2, 0.25) is 11.8 Å². The molecule has 0 aromatic heterocycles. The number of amides is 2. The summed E-state index contributed by atoms with van der Waals surface area (Å²) in [6.07, 6.45) is 5.99. The first-order valence-electron chi connectivity index (χ1n) is 8.11. The number of nitrogens with zero attached hydrogens (tertiary/aromatic N) is 1. The Morgan fingerprint density at radius 3 is 2.95 bits per heavy atom. The molecule has 0 radical (unpaired) electrons. The van der Waals surface area contributed by atoms with Crippen LogP contribution in [-0.4, -0.2) is 55.1 Å². The van der Waals surface area contributed by atoms with E-state index in [1.54, 1.807) is 0 Å². The van der Waals surface area contributed by atoms with Crippen molar-refractivity contribution in [1.29, 1.82) is 0 Å². The summed E-state index contributed by atoms with van der Waals surface area (Å²) in [7, 11) is 0. The number of hydrogen-bond donors (Lipinski definition) is 2. The molecule has 0 saturated carbocycles. The Kier molecular flexibility index (Phi) is 6.45. The molecule has 0 aromatic carbocycles. The number of ether oxygens (including phenoxy) is 1. The van der Waals surface area contributed by atoms with Gasteiger partial charge in [-0.1, -0.05) is 6.42 Å². The van der Waals surface area contributed by atoms with Crippen molar-refractivity contribution in [2.45, 2.75) is 57.2 Å². The second-order valence-corrected chi connectivity index (χ2v) is 5.90. The summed E-state index contributed by atoms with van der Waals surface area (Å²) >= 11 is 0. The van der Waals surface area contributed by atoms with Crippen molar-refractivity contribution in [3.63, 3.8) is 0 Å². The minimum atomic E-state index is -0.349. The Morgan fingerprint density at radius 2 is 2.19 bits per heavy atom. The average Bonchev–Trinajstić information content (AvgIpc) is 2.88. The lowest BCUT2D eigenvalue weighted by molar-refractivity contribution is -0.131. The van der Waals surface area contributed by atoms with Gasteiger partial charge in [0.05, 0.1) is 6.10 Å². The summed E-state index contributed by atoms with van der Waals surface area (Å²) in [5.74, 6) is 0.205. The Balaban J connectivity index is 1.60. The number of carbonyl (C=O) groups excluding carboxylic acids is 2. The van der Waals surface area contributed by atoms with Gasteiger partial charge in [-0.15, -0.1) is 0 Å². The molecule has 2 atom stereocenters. The number of rotatable bonds is 6. The third-order valence-corrected chi connectivity index (χ3v) is 4.24. The van der Waals surface area contributed by atoms with Gasteiger partial charge in [-0.05, 0) is 32.1 Å². The van der Waals surface area contributed by atoms with E-state index in [4.69, 9.17) is 10.5 Å². The lowest BCUT2D eigenvalue weighted by Gasteiger charge is -2.20. The van der Waals surface area contributed by atoms with E-state index in [9.17, 15) is 9.59 Å². The van der Waals surface area contributed by atoms with Crippen LogP contribution in [0.3, 0.4) is 0 Å². The van der Waals surface area contributed by atoms with Gasteiger partial charge < -0.3 is 20.7 Å². The van der Waals surface area contributed by atoms with Crippen LogP contribution in [0.25, 0.3) is 0 Å². The number of nitrogens with two attached hydrogens (primary N) is 1. The minimum Gasteiger partial charge on any atom is -0.364 e. The quantitative estimate of drug-likeness (QED) is 0.695. The third kappa shape index (κ3) is 4.97. The molecule has 0 aromatic rings. The zero-order chi connectivity index (χ0) is 15.1. The molecule has 0 spiro atoms. The van der Waals surface area contributed by atoms with Crippen molar-refractivity contribution < 1.29 is 14.3 Å². The fourth-order valence-electron chi connectivity index (χ4n) is 2.94. The van der Waals surface area contributed by atoms with Gasteiger partial charge in [0.25, 0.3) is 0 Å². The second kappa shape index (κ2) is 8.34. The van der Waals surface area contributed by atoms with Crippen LogP contribution in [0.2, 0.25) is 0 Å². The van der Waals surface area contributed by atoms with Crippen LogP contribution < -0.4 is 11.1 Å². The van der Waals surface area contributed by atoms with E-state index in [1.807, 2.05) is 4.90 Å². The van der Waals surface area contributed by atoms with E-state index in [0.29, 0.717) is 19.5 Å². The van der Waals surface area contributed by atoms with Crippen LogP contribution in [0.1, 0.15) is 44.9 Å². The molecule has 0 unspecified atom stereocenters. The fraction of sp³-hybridized carbons (Fsp3) is 0.867. The molecule has 6 heteroatoms. The van der Waals surface area contributed by atoms with Crippen molar-refractivity contribution >= 4 is 11.8 Å². The molecule has 2 aliphatic heterocycles. The molecule has 120 valence electrons. The van der Waals surface area contributed by atoms with Crippen LogP contribution >= 0.6 is 0 Å². The maximum absolute atomic E-state index is 11.9. The van der Waals surface area contributed by atoms with Crippen molar-refractivity contribution in [3.8, 4) is 0 Å². The molecule has 2 saturated heterocycles. The summed E-state index contributed by atoms with van der Waals surface area (Å²) in [4.78, 5) is 25.7. The first-order chi connectivity index (χ1) is 10.2. The number of carbonyl (C=O) groups is 2. The topological polar surface area (TPSA) is 84.7 Å². The second-order valence-electron chi connectivity index (χ2n) is 5.90. The van der Waals surface area contributed by atoms with Crippen LogP contribution in [0.5, 0.6) is 0 Å². The fourth-order valence-corrected chi connectivity index (χ4v) is 2.94. The maximum atomic E-state index is 11.9. The van der Waals surface area contributed by atoms with Crippen molar-refractivity contribution in [1.82, 2.24) is 10.2 Å². The van der Waals surface area contributed by atoms with Gasteiger partial charge in [-0.3, -0.25) is 9.59 Å². The van der Waals surface area contributed by atoms with Crippen molar-refractivity contribution in [2.24, 2.45) is 5.73 Å². The van der Waals surface area contributed by atoms with Gasteiger partial charge in [-0.2, -0.15) is 0 Å². The van der Waals surface area contributed by atoms with E-state index < -0.39 is 0 Å². The van der Waals surface area contributed by atoms with E-state index in [1.165, 1.54) is 0 Å². The molecule has 2 amide bonds. The monoisotopic (exact) mass is 297 g/mol. The SMILES string of the molecule is NC[C@H]1CC[C@@H](C(=O)NCCCN2CCCCCC2=O)O1. The van der Waals surface area contributed by atoms with Crippen LogP contribution in [-0.2, 0) is 14.3 Å². The van der Waals surface area contributed by atoms with Gasteiger partial charge >= 0.3 is 0 Å². The minimum absolute atomic E-state index is 0.0236. The lowest BCUT2D eigenvalue weighted by atomic mass is 10.2. The number of hydrogen-bond acceptors (Lipinski definition) is 4. The molecule has 2 fully saturated rings. The Labute approximate surface area is 126 Å². The summed E-state index contributed by atoms with van der Waals surface area (Å²) in [5, 5.41) is 2.90. The molecule has 6 nitrogen and oxygen atoms in total. The summed E-state index contributed by atoms with van der Waals surface area (Å²) in [5.41, 5.74) is 5.53. The number of nitrogens with one attached hydrogen (secondary N) is 1. The summed E-state index contributed by atoms with van der Waals surface area (Å²) in [6.45, 7) is 2.66. The normalized spacial score (nSPS) is 26.7. The molecule has 2 heterocycles. The molecule has 2 aliphatic rings. The van der Waals surface area contributed by atoms with E-state index in [-0.39, 0.29) is 24.0 Å². The van der Waals surface area contributed by atoms with E-state index >= 15 is 0 Å². The molecule has 2 rings (SSSR count). The highest BCUT2D eigenvalue weighted by molar-refractivity contribution is 5.81. The Hall–Kier alpha value is -1.14. The molecule has 3 N–H and O–H groups in total. The first kappa shape index (κ1) is 16.2. The summed E-state index contributed by atoms with van der Waals surface area (Å²) in [6, 6.07) is 0. The van der Waals surface area contributed by atoms with E-state index in [0.717, 1.165) is 51.6 Å². The van der Waals surface area contributed by atoms with Crippen molar-refractivity contribution in [3.05, 3.63) is 0 Å². The Morgan fingerprint density at radius 1 is 1.33 bits per heavy atom. The maximum Gasteiger partial charge on any atom is 0.249 e. The summed E-state index contributed by atoms with van der Waals surface area (Å²) < 4.78 is 5.55. The van der Waals surface area contributed by atoms with Gasteiger partial charge in [0.15, 0.2) is 0 Å². The zero-order valence-electron chi connectivity index (χ0n) is 12.7. The standard InChI is InChI=1S/C15H27N3O3/c16-11-12-6-7-13(21-12)15(20)17-8-4-10-18-9-3-1-2-5-14(18)19/h12-13H,1-11,16H2,(H,17,20)/t12-,13+/m1/s1. The van der Waals surface area contributed by atoms with Crippen LogP contribution in [0.15, 0.2) is 0 Å². The first-order valence-corrected chi connectivity index (χ1v) is 8.11. The largest absolute Gasteiger partial charge is 0.364 e. The average molecular weight is 297 g/mol. The molecular weight excluding hydrogens is 270 g/mol. The lowest BCUT2D eigenvalue weighted by Crippen LogP contribution is -2.38. The van der Waals surface area contributed by atoms with E-state index in [2.05, 4.69) is 5.32 Å². The van der Waals surface area contributed by atoms with Gasteiger partial charge in [0.1, 0.15) is 6.10 Å². The predicted molar refractivity (Wildman–Crippen MR) is 79.6 cm³/mol. The van der Waals surface area contributed by atoms with Gasteiger partial charge in [0, 0.05) is 32.6 Å². The Bertz CT molecular complexity index is 362. The van der Waals surface area contributed by atoms with Crippen LogP contribution in [0, 0.1) is 0 Å². The predicted octanol–water partition coefficient (Wildman–Crippen LogP) is 0.402. The highest BCUT2D eigenvalue weighted by Gasteiger charge is 2.29. The molecule has 21 heavy (non-hydrogen) atoms. The van der Waals surface area contributed by atoms with Gasteiger partial charge in [-0.25, -0.2) is 0 Å². The number of likely N-dealkylation sites (tertiary alicyclic amines) is 1.